The van der Waals surface area contributed by atoms with Crippen LogP contribution in [0.15, 0.2) is 36.4 Å². The van der Waals surface area contributed by atoms with Gasteiger partial charge in [-0.2, -0.15) is 0 Å². The maximum Gasteiger partial charge on any atom is 0.495 e. The third-order valence-corrected chi connectivity index (χ3v) is 4.75. The summed E-state index contributed by atoms with van der Waals surface area (Å²) in [6.45, 7) is 12.4. The number of benzene rings is 2. The van der Waals surface area contributed by atoms with Gasteiger partial charge in [-0.1, -0.05) is 24.3 Å². The van der Waals surface area contributed by atoms with Crippen LogP contribution in [-0.4, -0.2) is 24.4 Å². The zero-order valence-electron chi connectivity index (χ0n) is 14.8. The molecule has 0 N–H and O–H groups in total. The fourth-order valence-electron chi connectivity index (χ4n) is 2.82. The Morgan fingerprint density at radius 2 is 1.57 bits per heavy atom. The van der Waals surface area contributed by atoms with Crippen molar-refractivity contribution < 1.29 is 14.0 Å². The predicted octanol–water partition coefficient (Wildman–Crippen LogP) is 3.93. The van der Waals surface area contributed by atoms with Gasteiger partial charge in [0.05, 0.1) is 17.3 Å². The molecule has 23 heavy (non-hydrogen) atoms. The number of ether oxygens (including phenoxy) is 1. The van der Waals surface area contributed by atoms with Crippen molar-refractivity contribution in [3.8, 4) is 5.75 Å². The minimum absolute atomic E-state index is 0.127. The Balaban J connectivity index is 2.09. The van der Waals surface area contributed by atoms with E-state index in [0.717, 1.165) is 22.0 Å². The van der Waals surface area contributed by atoms with Gasteiger partial charge in [-0.15, -0.1) is 0 Å². The smallest absolute Gasteiger partial charge is 0.491 e. The van der Waals surface area contributed by atoms with Crippen molar-refractivity contribution in [1.82, 2.24) is 0 Å². The molecule has 1 aliphatic rings. The van der Waals surface area contributed by atoms with E-state index in [0.29, 0.717) is 0 Å². The summed E-state index contributed by atoms with van der Waals surface area (Å²) in [4.78, 5) is 0. The highest BCUT2D eigenvalue weighted by molar-refractivity contribution is 6.65. The molecule has 0 spiro atoms. The Hall–Kier alpha value is -1.52. The number of fused-ring (bicyclic) bond motifs is 1. The van der Waals surface area contributed by atoms with Crippen LogP contribution in [0.1, 0.15) is 41.5 Å². The van der Waals surface area contributed by atoms with Crippen LogP contribution in [0.3, 0.4) is 0 Å². The lowest BCUT2D eigenvalue weighted by atomic mass is 9.76. The second-order valence-corrected chi connectivity index (χ2v) is 7.49. The average molecular weight is 312 g/mol. The van der Waals surface area contributed by atoms with Crippen LogP contribution in [0.25, 0.3) is 10.8 Å². The maximum atomic E-state index is 6.24. The minimum atomic E-state index is -0.388. The van der Waals surface area contributed by atoms with Gasteiger partial charge in [0.2, 0.25) is 0 Å². The molecule has 1 saturated heterocycles. The van der Waals surface area contributed by atoms with Gasteiger partial charge >= 0.3 is 7.12 Å². The summed E-state index contributed by atoms with van der Waals surface area (Å²) in [6, 6.07) is 12.4. The fourth-order valence-corrected chi connectivity index (χ4v) is 2.82. The second-order valence-electron chi connectivity index (χ2n) is 7.49. The quantitative estimate of drug-likeness (QED) is 0.804. The Morgan fingerprint density at radius 1 is 0.957 bits per heavy atom. The summed E-state index contributed by atoms with van der Waals surface area (Å²) in [7, 11) is -0.388. The van der Waals surface area contributed by atoms with Crippen molar-refractivity contribution in [1.29, 1.82) is 0 Å². The van der Waals surface area contributed by atoms with Crippen molar-refractivity contribution in [3.63, 3.8) is 0 Å². The summed E-state index contributed by atoms with van der Waals surface area (Å²) in [6.07, 6.45) is 0.127. The summed E-state index contributed by atoms with van der Waals surface area (Å²) >= 11 is 0. The Bertz CT molecular complexity index is 706. The standard InChI is InChI=1S/C19H25BO3/c1-13(2)21-15-11-14-9-7-8-10-16(14)17(12-15)20-22-18(3,4)19(5,6)23-20/h7-13H,1-6H3. The Morgan fingerprint density at radius 3 is 2.17 bits per heavy atom. The molecular formula is C19H25BO3. The molecular weight excluding hydrogens is 287 g/mol. The molecule has 0 amide bonds. The van der Waals surface area contributed by atoms with Crippen LogP contribution in [-0.2, 0) is 9.31 Å². The summed E-state index contributed by atoms with van der Waals surface area (Å²) < 4.78 is 18.4. The molecule has 1 fully saturated rings. The van der Waals surface area contributed by atoms with Gasteiger partial charge < -0.3 is 14.0 Å². The molecule has 2 aromatic carbocycles. The number of hydrogen-bond acceptors (Lipinski definition) is 3. The third-order valence-electron chi connectivity index (χ3n) is 4.75. The van der Waals surface area contributed by atoms with Crippen molar-refractivity contribution in [2.24, 2.45) is 0 Å². The van der Waals surface area contributed by atoms with Gasteiger partial charge in [-0.05, 0) is 69.9 Å². The van der Waals surface area contributed by atoms with E-state index in [1.54, 1.807) is 0 Å². The first-order chi connectivity index (χ1) is 10.7. The van der Waals surface area contributed by atoms with Gasteiger partial charge in [0, 0.05) is 0 Å². The van der Waals surface area contributed by atoms with Crippen molar-refractivity contribution >= 4 is 23.4 Å². The van der Waals surface area contributed by atoms with Gasteiger partial charge in [0.15, 0.2) is 0 Å². The molecule has 1 heterocycles. The van der Waals surface area contributed by atoms with E-state index in [2.05, 4.69) is 45.9 Å². The molecule has 0 saturated carbocycles. The van der Waals surface area contributed by atoms with E-state index in [1.807, 2.05) is 32.0 Å². The van der Waals surface area contributed by atoms with Crippen LogP contribution in [0.5, 0.6) is 5.75 Å². The molecule has 1 aliphatic heterocycles. The first-order valence-electron chi connectivity index (χ1n) is 8.24. The predicted molar refractivity (Wildman–Crippen MR) is 95.4 cm³/mol. The van der Waals surface area contributed by atoms with Crippen LogP contribution < -0.4 is 10.2 Å². The highest BCUT2D eigenvalue weighted by Gasteiger charge is 2.52. The number of rotatable bonds is 3. The monoisotopic (exact) mass is 312 g/mol. The van der Waals surface area contributed by atoms with E-state index < -0.39 is 0 Å². The van der Waals surface area contributed by atoms with Gasteiger partial charge in [-0.3, -0.25) is 0 Å². The van der Waals surface area contributed by atoms with Gasteiger partial charge in [0.1, 0.15) is 5.75 Å². The molecule has 0 radical (unpaired) electrons. The average Bonchev–Trinajstić information content (AvgIpc) is 2.66. The highest BCUT2D eigenvalue weighted by atomic mass is 16.7. The molecule has 3 nitrogen and oxygen atoms in total. The number of hydrogen-bond donors (Lipinski definition) is 0. The van der Waals surface area contributed by atoms with Crippen LogP contribution in [0.4, 0.5) is 0 Å². The molecule has 0 aromatic heterocycles. The SMILES string of the molecule is CC(C)Oc1cc(B2OC(C)(C)C(C)(C)O2)c2ccccc2c1. The second kappa shape index (κ2) is 5.54. The third kappa shape index (κ3) is 2.98. The lowest BCUT2D eigenvalue weighted by Gasteiger charge is -2.32. The Labute approximate surface area is 139 Å². The molecule has 2 aromatic rings. The van der Waals surface area contributed by atoms with Crippen molar-refractivity contribution in [2.75, 3.05) is 0 Å². The zero-order valence-corrected chi connectivity index (χ0v) is 14.8. The van der Waals surface area contributed by atoms with Gasteiger partial charge in [0.25, 0.3) is 0 Å². The fraction of sp³-hybridized carbons (Fsp3) is 0.474. The molecule has 0 unspecified atom stereocenters. The molecule has 3 rings (SSSR count). The Kier molecular flexibility index (Phi) is 3.93. The molecule has 122 valence electrons. The topological polar surface area (TPSA) is 27.7 Å². The lowest BCUT2D eigenvalue weighted by Crippen LogP contribution is -2.41. The molecule has 0 aliphatic carbocycles. The summed E-state index contributed by atoms with van der Waals surface area (Å²) in [5, 5.41) is 2.28. The minimum Gasteiger partial charge on any atom is -0.491 e. The van der Waals surface area contributed by atoms with Crippen molar-refractivity contribution in [3.05, 3.63) is 36.4 Å². The summed E-state index contributed by atoms with van der Waals surface area (Å²) in [5.41, 5.74) is 0.318. The van der Waals surface area contributed by atoms with E-state index in [4.69, 9.17) is 14.0 Å². The van der Waals surface area contributed by atoms with Crippen LogP contribution >= 0.6 is 0 Å². The van der Waals surface area contributed by atoms with Crippen molar-refractivity contribution in [2.45, 2.75) is 58.8 Å². The maximum absolute atomic E-state index is 6.24. The molecule has 0 bridgehead atoms. The van der Waals surface area contributed by atoms with Crippen LogP contribution in [0, 0.1) is 0 Å². The van der Waals surface area contributed by atoms with E-state index in [9.17, 15) is 0 Å². The van der Waals surface area contributed by atoms with E-state index in [1.165, 1.54) is 0 Å². The first kappa shape index (κ1) is 16.3. The van der Waals surface area contributed by atoms with E-state index >= 15 is 0 Å². The first-order valence-corrected chi connectivity index (χ1v) is 8.24. The van der Waals surface area contributed by atoms with Crippen LogP contribution in [0.2, 0.25) is 0 Å². The molecule has 0 atom stereocenters. The normalized spacial score (nSPS) is 19.5. The van der Waals surface area contributed by atoms with Gasteiger partial charge in [-0.25, -0.2) is 0 Å². The molecule has 4 heteroatoms. The lowest BCUT2D eigenvalue weighted by molar-refractivity contribution is 0.00578. The highest BCUT2D eigenvalue weighted by Crippen LogP contribution is 2.37. The summed E-state index contributed by atoms with van der Waals surface area (Å²) in [5.74, 6) is 0.850. The largest absolute Gasteiger partial charge is 0.495 e. The van der Waals surface area contributed by atoms with E-state index in [-0.39, 0.29) is 24.4 Å². The zero-order chi connectivity index (χ0) is 16.8.